The van der Waals surface area contributed by atoms with E-state index in [1.165, 1.54) is 55.2 Å². The second-order valence-electron chi connectivity index (χ2n) is 9.86. The Kier molecular flexibility index (Phi) is 19.4. The SMILES string of the molecule is C#C.CCC(C)C1CCCC1.CCc1ccc(N(P)N[C@@H](C)C(F)(F)F)cn1.Cc1cc(OC(F)F)ccc1CC#N. The monoisotopic (exact) mass is 614 g/mol. The molecule has 0 amide bonds. The Morgan fingerprint density at radius 3 is 2.19 bits per heavy atom. The van der Waals surface area contributed by atoms with Crippen LogP contribution < -0.4 is 14.9 Å². The summed E-state index contributed by atoms with van der Waals surface area (Å²) >= 11 is 0. The number of hydrazine groups is 1. The Balaban J connectivity index is 0.000000606. The first kappa shape index (κ1) is 39.1. The highest BCUT2D eigenvalue weighted by molar-refractivity contribution is 7.18. The molecule has 1 aliphatic carbocycles. The van der Waals surface area contributed by atoms with E-state index in [0.29, 0.717) is 5.69 Å². The number of nitrogens with zero attached hydrogens (tertiary/aromatic N) is 3. The van der Waals surface area contributed by atoms with Crippen molar-refractivity contribution in [2.45, 2.75) is 98.4 Å². The predicted molar refractivity (Wildman–Crippen MR) is 163 cm³/mol. The van der Waals surface area contributed by atoms with E-state index in [0.717, 1.165) is 42.0 Å². The van der Waals surface area contributed by atoms with Crippen molar-refractivity contribution in [3.05, 3.63) is 53.3 Å². The Labute approximate surface area is 250 Å². The highest BCUT2D eigenvalue weighted by atomic mass is 31.0. The van der Waals surface area contributed by atoms with Crippen LogP contribution in [0.25, 0.3) is 0 Å². The molecule has 1 aliphatic rings. The number of ether oxygens (including phenoxy) is 1. The summed E-state index contributed by atoms with van der Waals surface area (Å²) in [5.74, 6) is 2.20. The van der Waals surface area contributed by atoms with E-state index in [1.807, 2.05) is 13.0 Å². The topological polar surface area (TPSA) is 61.2 Å². The molecule has 1 N–H and O–H groups in total. The number of aryl methyl sites for hydroxylation is 2. The Hall–Kier alpha value is -2.94. The number of aromatic nitrogens is 1. The lowest BCUT2D eigenvalue weighted by molar-refractivity contribution is -0.151. The fourth-order valence-electron chi connectivity index (χ4n) is 4.11. The lowest BCUT2D eigenvalue weighted by Crippen LogP contribution is -2.45. The zero-order valence-electron chi connectivity index (χ0n) is 25.1. The first-order valence-corrected chi connectivity index (χ1v) is 14.4. The van der Waals surface area contributed by atoms with Crippen LogP contribution in [-0.4, -0.2) is 23.8 Å². The van der Waals surface area contributed by atoms with Gasteiger partial charge in [-0.25, -0.2) is 5.43 Å². The van der Waals surface area contributed by atoms with Crippen molar-refractivity contribution in [3.8, 4) is 24.7 Å². The average Bonchev–Trinajstić information content (AvgIpc) is 3.50. The van der Waals surface area contributed by atoms with Crippen molar-refractivity contribution in [1.82, 2.24) is 10.4 Å². The van der Waals surface area contributed by atoms with Gasteiger partial charge in [0.2, 0.25) is 0 Å². The van der Waals surface area contributed by atoms with Gasteiger partial charge in [-0.3, -0.25) is 9.76 Å². The van der Waals surface area contributed by atoms with E-state index in [2.05, 4.69) is 51.2 Å². The van der Waals surface area contributed by atoms with Gasteiger partial charge in [0.15, 0.2) is 0 Å². The summed E-state index contributed by atoms with van der Waals surface area (Å²) in [7, 11) is 2.19. The molecule has 1 aromatic carbocycles. The fourth-order valence-corrected chi connectivity index (χ4v) is 4.49. The van der Waals surface area contributed by atoms with E-state index < -0.39 is 18.8 Å². The van der Waals surface area contributed by atoms with E-state index in [9.17, 15) is 22.0 Å². The number of nitrogens with one attached hydrogen (secondary N) is 1. The molecule has 2 unspecified atom stereocenters. The van der Waals surface area contributed by atoms with Gasteiger partial charge in [-0.15, -0.1) is 12.8 Å². The normalized spacial score (nSPS) is 14.1. The summed E-state index contributed by atoms with van der Waals surface area (Å²) in [6.07, 6.45) is 13.7. The summed E-state index contributed by atoms with van der Waals surface area (Å²) < 4.78 is 66.1. The van der Waals surface area contributed by atoms with E-state index in [-0.39, 0.29) is 12.2 Å². The Morgan fingerprint density at radius 2 is 1.76 bits per heavy atom. The maximum absolute atomic E-state index is 12.3. The first-order chi connectivity index (χ1) is 19.8. The standard InChI is InChI=1S/C10H15F3N3P.C10H9F2NO.C9H18.C2H2/c1-3-8-4-5-9(6-14-8)16(17)15-7(2)10(11,12)13;1-7-6-9(14-10(11)12)3-2-8(7)4-5-13;1-3-8(2)9-6-4-5-7-9;1-2/h4-7,15H,3,17H2,1-2H3;2-3,6,10H,4H2,1H3;8-9H,3-7H2,1-2H3;1-2H/t7-;;;/m0.../s1. The molecule has 0 radical (unpaired) electrons. The Bertz CT molecular complexity index is 1070. The minimum absolute atomic E-state index is 0.124. The van der Waals surface area contributed by atoms with Crippen molar-refractivity contribution in [2.24, 2.45) is 11.8 Å². The molecule has 0 spiro atoms. The van der Waals surface area contributed by atoms with Gasteiger partial charge in [0, 0.05) is 5.69 Å². The molecule has 0 saturated heterocycles. The van der Waals surface area contributed by atoms with Gasteiger partial charge in [0.1, 0.15) is 11.8 Å². The molecule has 42 heavy (non-hydrogen) atoms. The largest absolute Gasteiger partial charge is 0.435 e. The molecule has 1 aromatic heterocycles. The van der Waals surface area contributed by atoms with Gasteiger partial charge in [-0.2, -0.15) is 27.2 Å². The molecule has 3 atom stereocenters. The number of benzene rings is 1. The summed E-state index contributed by atoms with van der Waals surface area (Å²) in [6.45, 7) is 6.68. The maximum Gasteiger partial charge on any atom is 0.405 e. The smallest absolute Gasteiger partial charge is 0.405 e. The number of terminal acetylenes is 1. The lowest BCUT2D eigenvalue weighted by atomic mass is 9.91. The zero-order chi connectivity index (χ0) is 32.3. The van der Waals surface area contributed by atoms with Gasteiger partial charge in [-0.1, -0.05) is 58.9 Å². The van der Waals surface area contributed by atoms with Crippen molar-refractivity contribution in [3.63, 3.8) is 0 Å². The third kappa shape index (κ3) is 15.3. The van der Waals surface area contributed by atoms with Crippen molar-refractivity contribution >= 4 is 15.1 Å². The molecule has 0 aliphatic heterocycles. The molecule has 3 rings (SSSR count). The number of halogens is 5. The summed E-state index contributed by atoms with van der Waals surface area (Å²) in [5.41, 5.74) is 5.37. The molecule has 2 aromatic rings. The predicted octanol–water partition coefficient (Wildman–Crippen LogP) is 8.83. The molecule has 1 fully saturated rings. The molecule has 1 saturated carbocycles. The van der Waals surface area contributed by atoms with Gasteiger partial charge >= 0.3 is 12.8 Å². The fraction of sp³-hybridized carbons (Fsp3) is 0.548. The third-order valence-electron chi connectivity index (χ3n) is 6.93. The Morgan fingerprint density at radius 1 is 1.14 bits per heavy atom. The number of rotatable bonds is 9. The summed E-state index contributed by atoms with van der Waals surface area (Å²) in [4.78, 5) is 4.11. The van der Waals surface area contributed by atoms with Crippen LogP contribution in [0.15, 0.2) is 36.5 Å². The second kappa shape index (κ2) is 20.9. The molecule has 5 nitrogen and oxygen atoms in total. The third-order valence-corrected chi connectivity index (χ3v) is 7.38. The number of anilines is 1. The molecule has 0 bridgehead atoms. The van der Waals surface area contributed by atoms with Crippen LogP contribution in [0, 0.1) is 42.9 Å². The number of alkyl halides is 5. The quantitative estimate of drug-likeness (QED) is 0.132. The molecule has 11 heteroatoms. The lowest BCUT2D eigenvalue weighted by Gasteiger charge is -2.25. The van der Waals surface area contributed by atoms with Gasteiger partial charge < -0.3 is 4.74 Å². The van der Waals surface area contributed by atoms with Crippen molar-refractivity contribution < 1.29 is 26.7 Å². The summed E-state index contributed by atoms with van der Waals surface area (Å²) in [6, 6.07) is 8.43. The highest BCUT2D eigenvalue weighted by Crippen LogP contribution is 2.32. The number of nitriles is 1. The molecule has 234 valence electrons. The van der Waals surface area contributed by atoms with Crippen LogP contribution in [-0.2, 0) is 12.8 Å². The van der Waals surface area contributed by atoms with Crippen LogP contribution in [0.3, 0.4) is 0 Å². The molecular weight excluding hydrogens is 570 g/mol. The van der Waals surface area contributed by atoms with Crippen LogP contribution in [0.2, 0.25) is 0 Å². The average molecular weight is 615 g/mol. The number of hydrogen-bond donors (Lipinski definition) is 1. The van der Waals surface area contributed by atoms with E-state index in [4.69, 9.17) is 5.26 Å². The number of hydrogen-bond acceptors (Lipinski definition) is 5. The van der Waals surface area contributed by atoms with E-state index in [1.54, 1.807) is 25.1 Å². The maximum atomic E-state index is 12.3. The molecular formula is C31H44F5N4OP. The van der Waals surface area contributed by atoms with Crippen LogP contribution in [0.5, 0.6) is 5.75 Å². The van der Waals surface area contributed by atoms with Crippen LogP contribution in [0.1, 0.15) is 76.6 Å². The van der Waals surface area contributed by atoms with Crippen LogP contribution >= 0.6 is 9.39 Å². The van der Waals surface area contributed by atoms with Crippen molar-refractivity contribution in [2.75, 3.05) is 4.78 Å². The van der Waals surface area contributed by atoms with Gasteiger partial charge in [-0.05, 0) is 76.9 Å². The first-order valence-electron chi connectivity index (χ1n) is 13.9. The minimum atomic E-state index is -4.27. The number of pyridine rings is 1. The second-order valence-corrected chi connectivity index (χ2v) is 10.4. The molecule has 1 heterocycles. The van der Waals surface area contributed by atoms with Crippen LogP contribution in [0.4, 0.5) is 27.6 Å². The summed E-state index contributed by atoms with van der Waals surface area (Å²) in [5, 5.41) is 8.46. The van der Waals surface area contributed by atoms with E-state index >= 15 is 0 Å². The zero-order valence-corrected chi connectivity index (χ0v) is 26.2. The minimum Gasteiger partial charge on any atom is -0.435 e. The van der Waals surface area contributed by atoms with Gasteiger partial charge in [0.25, 0.3) is 0 Å². The highest BCUT2D eigenvalue weighted by Gasteiger charge is 2.36. The van der Waals surface area contributed by atoms with Crippen molar-refractivity contribution in [1.29, 1.82) is 5.26 Å². The van der Waals surface area contributed by atoms with Gasteiger partial charge in [0.05, 0.1) is 24.4 Å².